The normalized spacial score (nSPS) is 39.4. The average Bonchev–Trinajstić information content (AvgIpc) is 2.25. The van der Waals surface area contributed by atoms with Crippen LogP contribution in [0.15, 0.2) is 0 Å². The smallest absolute Gasteiger partial charge is 0.00793 e. The topological polar surface area (TPSA) is 15.3 Å². The number of likely N-dealkylation sites (tertiary alicyclic amines) is 1. The van der Waals surface area contributed by atoms with E-state index in [2.05, 4.69) is 24.1 Å². The lowest BCUT2D eigenvalue weighted by molar-refractivity contribution is 0.0309. The molecule has 14 heavy (non-hydrogen) atoms. The number of hydrogen-bond acceptors (Lipinski definition) is 2. The summed E-state index contributed by atoms with van der Waals surface area (Å²) >= 11 is 0. The molecule has 0 aromatic carbocycles. The van der Waals surface area contributed by atoms with E-state index in [1.807, 2.05) is 0 Å². The van der Waals surface area contributed by atoms with E-state index in [-0.39, 0.29) is 0 Å². The molecule has 2 rings (SSSR count). The molecular weight excluding hydrogens is 172 g/mol. The van der Waals surface area contributed by atoms with E-state index < -0.39 is 0 Å². The third-order valence-electron chi connectivity index (χ3n) is 4.31. The molecule has 0 aliphatic carbocycles. The summed E-state index contributed by atoms with van der Waals surface area (Å²) < 4.78 is 0. The maximum Gasteiger partial charge on any atom is 0.00793 e. The van der Waals surface area contributed by atoms with Crippen molar-refractivity contribution in [1.82, 2.24) is 10.2 Å². The van der Waals surface area contributed by atoms with Crippen LogP contribution in [-0.4, -0.2) is 37.1 Å². The van der Waals surface area contributed by atoms with Crippen molar-refractivity contribution in [2.24, 2.45) is 5.41 Å². The molecule has 2 nitrogen and oxygen atoms in total. The molecule has 2 aliphatic rings. The summed E-state index contributed by atoms with van der Waals surface area (Å²) in [5.41, 5.74) is 0.590. The molecule has 2 heteroatoms. The van der Waals surface area contributed by atoms with Gasteiger partial charge in [0.2, 0.25) is 0 Å². The van der Waals surface area contributed by atoms with Crippen molar-refractivity contribution in [2.75, 3.05) is 26.2 Å². The summed E-state index contributed by atoms with van der Waals surface area (Å²) in [6.07, 6.45) is 5.55. The van der Waals surface area contributed by atoms with Crippen molar-refractivity contribution in [3.05, 3.63) is 0 Å². The quantitative estimate of drug-likeness (QED) is 0.741. The third-order valence-corrected chi connectivity index (χ3v) is 4.31. The second-order valence-corrected chi connectivity index (χ2v) is 5.24. The Labute approximate surface area is 88.1 Å². The molecule has 0 spiro atoms. The van der Waals surface area contributed by atoms with Crippen LogP contribution in [0.4, 0.5) is 0 Å². The molecule has 0 saturated carbocycles. The van der Waals surface area contributed by atoms with Gasteiger partial charge in [-0.15, -0.1) is 0 Å². The lowest BCUT2D eigenvalue weighted by atomic mass is 9.77. The van der Waals surface area contributed by atoms with Gasteiger partial charge in [0.05, 0.1) is 0 Å². The molecule has 2 fully saturated rings. The summed E-state index contributed by atoms with van der Waals surface area (Å²) in [5, 5.41) is 3.57. The molecule has 0 radical (unpaired) electrons. The van der Waals surface area contributed by atoms with Crippen LogP contribution in [0.2, 0.25) is 0 Å². The van der Waals surface area contributed by atoms with Gasteiger partial charge in [0, 0.05) is 19.1 Å². The Morgan fingerprint density at radius 2 is 2.36 bits per heavy atom. The fraction of sp³-hybridized carbons (Fsp3) is 1.00. The van der Waals surface area contributed by atoms with Crippen LogP contribution < -0.4 is 5.32 Å². The zero-order valence-corrected chi connectivity index (χ0v) is 9.68. The first-order valence-corrected chi connectivity index (χ1v) is 6.20. The number of piperidine rings is 1. The molecule has 82 valence electrons. The van der Waals surface area contributed by atoms with Crippen LogP contribution in [0.5, 0.6) is 0 Å². The summed E-state index contributed by atoms with van der Waals surface area (Å²) in [6, 6.07) is 0.848. The van der Waals surface area contributed by atoms with Crippen molar-refractivity contribution < 1.29 is 0 Å². The van der Waals surface area contributed by atoms with Gasteiger partial charge in [-0.25, -0.2) is 0 Å². The van der Waals surface area contributed by atoms with Crippen LogP contribution >= 0.6 is 0 Å². The van der Waals surface area contributed by atoms with Crippen molar-refractivity contribution >= 4 is 0 Å². The SMILES string of the molecule is CCC1(CN2CCC2C)CCCNC1. The van der Waals surface area contributed by atoms with Gasteiger partial charge in [-0.2, -0.15) is 0 Å². The fourth-order valence-electron chi connectivity index (χ4n) is 2.81. The average molecular weight is 196 g/mol. The van der Waals surface area contributed by atoms with E-state index >= 15 is 0 Å². The first-order valence-electron chi connectivity index (χ1n) is 6.20. The zero-order valence-electron chi connectivity index (χ0n) is 9.68. The van der Waals surface area contributed by atoms with Gasteiger partial charge in [-0.05, 0) is 51.1 Å². The van der Waals surface area contributed by atoms with Gasteiger partial charge >= 0.3 is 0 Å². The predicted molar refractivity (Wildman–Crippen MR) is 60.5 cm³/mol. The highest BCUT2D eigenvalue weighted by Gasteiger charge is 2.35. The summed E-state index contributed by atoms with van der Waals surface area (Å²) in [4.78, 5) is 2.66. The Kier molecular flexibility index (Phi) is 3.13. The summed E-state index contributed by atoms with van der Waals surface area (Å²) in [7, 11) is 0. The van der Waals surface area contributed by atoms with E-state index in [0.717, 1.165) is 6.04 Å². The summed E-state index contributed by atoms with van der Waals surface area (Å²) in [5.74, 6) is 0. The molecule has 2 atom stereocenters. The van der Waals surface area contributed by atoms with Gasteiger partial charge in [-0.1, -0.05) is 6.92 Å². The van der Waals surface area contributed by atoms with E-state index in [1.54, 1.807) is 0 Å². The molecular formula is C12H24N2. The Morgan fingerprint density at radius 1 is 1.50 bits per heavy atom. The van der Waals surface area contributed by atoms with Crippen LogP contribution in [0.3, 0.4) is 0 Å². The molecule has 0 amide bonds. The predicted octanol–water partition coefficient (Wildman–Crippen LogP) is 1.86. The maximum atomic E-state index is 3.57. The van der Waals surface area contributed by atoms with Gasteiger partial charge in [0.25, 0.3) is 0 Å². The third kappa shape index (κ3) is 1.96. The lowest BCUT2D eigenvalue weighted by Crippen LogP contribution is -2.54. The number of nitrogens with one attached hydrogen (secondary N) is 1. The van der Waals surface area contributed by atoms with Crippen molar-refractivity contribution in [3.63, 3.8) is 0 Å². The Balaban J connectivity index is 1.90. The second-order valence-electron chi connectivity index (χ2n) is 5.24. The van der Waals surface area contributed by atoms with Gasteiger partial charge in [0.1, 0.15) is 0 Å². The van der Waals surface area contributed by atoms with Crippen molar-refractivity contribution in [1.29, 1.82) is 0 Å². The van der Waals surface area contributed by atoms with Crippen molar-refractivity contribution in [3.8, 4) is 0 Å². The maximum absolute atomic E-state index is 3.57. The van der Waals surface area contributed by atoms with Gasteiger partial charge in [0.15, 0.2) is 0 Å². The lowest BCUT2D eigenvalue weighted by Gasteiger charge is -2.47. The zero-order chi connectivity index (χ0) is 10.0. The Hall–Kier alpha value is -0.0800. The fourth-order valence-corrected chi connectivity index (χ4v) is 2.81. The van der Waals surface area contributed by atoms with Crippen LogP contribution in [0, 0.1) is 5.41 Å². The minimum Gasteiger partial charge on any atom is -0.316 e. The summed E-state index contributed by atoms with van der Waals surface area (Å²) in [6.45, 7) is 9.87. The minimum absolute atomic E-state index is 0.590. The molecule has 0 aromatic heterocycles. The number of nitrogens with zero attached hydrogens (tertiary/aromatic N) is 1. The second kappa shape index (κ2) is 4.19. The minimum atomic E-state index is 0.590. The highest BCUT2D eigenvalue weighted by Crippen LogP contribution is 2.33. The monoisotopic (exact) mass is 196 g/mol. The van der Waals surface area contributed by atoms with E-state index in [1.165, 1.54) is 51.9 Å². The van der Waals surface area contributed by atoms with Crippen LogP contribution in [-0.2, 0) is 0 Å². The highest BCUT2D eigenvalue weighted by molar-refractivity contribution is 4.91. The van der Waals surface area contributed by atoms with Gasteiger partial charge in [-0.3, -0.25) is 4.90 Å². The first-order chi connectivity index (χ1) is 6.76. The number of rotatable bonds is 3. The van der Waals surface area contributed by atoms with E-state index in [4.69, 9.17) is 0 Å². The van der Waals surface area contributed by atoms with E-state index in [9.17, 15) is 0 Å². The largest absolute Gasteiger partial charge is 0.316 e. The molecule has 2 saturated heterocycles. The standard InChI is InChI=1S/C12H24N2/c1-3-12(6-4-7-13-9-12)10-14-8-5-11(14)2/h11,13H,3-10H2,1-2H3. The molecule has 1 N–H and O–H groups in total. The molecule has 2 heterocycles. The van der Waals surface area contributed by atoms with Gasteiger partial charge < -0.3 is 5.32 Å². The molecule has 2 unspecified atom stereocenters. The molecule has 0 aromatic rings. The van der Waals surface area contributed by atoms with E-state index in [0.29, 0.717) is 5.41 Å². The van der Waals surface area contributed by atoms with Crippen LogP contribution in [0.1, 0.15) is 39.5 Å². The first kappa shape index (κ1) is 10.4. The molecule has 0 bridgehead atoms. The highest BCUT2D eigenvalue weighted by atomic mass is 15.2. The number of hydrogen-bond donors (Lipinski definition) is 1. The molecule has 2 aliphatic heterocycles. The Morgan fingerprint density at radius 3 is 2.79 bits per heavy atom. The Bertz CT molecular complexity index is 185. The van der Waals surface area contributed by atoms with Crippen molar-refractivity contribution in [2.45, 2.75) is 45.6 Å². The van der Waals surface area contributed by atoms with Crippen LogP contribution in [0.25, 0.3) is 0 Å².